The molecule has 132 valence electrons. The summed E-state index contributed by atoms with van der Waals surface area (Å²) in [6.45, 7) is 10.1. The minimum Gasteiger partial charge on any atom is -0.356 e. The largest absolute Gasteiger partial charge is 0.356 e. The minimum absolute atomic E-state index is 0. The van der Waals surface area contributed by atoms with Gasteiger partial charge in [0.25, 0.3) is 0 Å². The van der Waals surface area contributed by atoms with Crippen LogP contribution >= 0.6 is 12.4 Å². The second-order valence-corrected chi connectivity index (χ2v) is 6.64. The topological polar surface area (TPSA) is 59.0 Å². The number of nitrogens with one attached hydrogen (secondary N) is 2. The lowest BCUT2D eigenvalue weighted by Gasteiger charge is -2.28. The van der Waals surface area contributed by atoms with Crippen LogP contribution in [0.15, 0.2) is 6.07 Å². The van der Waals surface area contributed by atoms with Crippen LogP contribution < -0.4 is 10.6 Å². The Bertz CT molecular complexity index is 483. The smallest absolute Gasteiger partial charge is 0.220 e. The first-order valence-electron chi connectivity index (χ1n) is 8.54. The number of aryl methyl sites for hydroxylation is 3. The monoisotopic (exact) mass is 342 g/mol. The van der Waals surface area contributed by atoms with E-state index < -0.39 is 0 Å². The molecule has 23 heavy (non-hydrogen) atoms. The van der Waals surface area contributed by atoms with Crippen LogP contribution in [0, 0.1) is 25.7 Å². The molecule has 1 aliphatic rings. The molecule has 2 unspecified atom stereocenters. The van der Waals surface area contributed by atoms with E-state index in [1.54, 1.807) is 0 Å². The highest BCUT2D eigenvalue weighted by molar-refractivity contribution is 5.85. The van der Waals surface area contributed by atoms with E-state index in [-0.39, 0.29) is 18.3 Å². The summed E-state index contributed by atoms with van der Waals surface area (Å²) in [4.78, 5) is 12.0. The molecule has 0 saturated carbocycles. The zero-order valence-electron chi connectivity index (χ0n) is 14.6. The molecule has 1 aromatic rings. The van der Waals surface area contributed by atoms with Crippen molar-refractivity contribution in [3.05, 3.63) is 17.5 Å². The molecule has 1 aromatic heterocycles. The first-order valence-corrected chi connectivity index (χ1v) is 8.54. The molecule has 1 saturated heterocycles. The van der Waals surface area contributed by atoms with E-state index in [9.17, 15) is 4.79 Å². The van der Waals surface area contributed by atoms with Crippen molar-refractivity contribution in [2.75, 3.05) is 19.6 Å². The highest BCUT2D eigenvalue weighted by atomic mass is 35.5. The lowest BCUT2D eigenvalue weighted by atomic mass is 9.85. The molecule has 1 fully saturated rings. The average molecular weight is 343 g/mol. The van der Waals surface area contributed by atoms with E-state index in [2.05, 4.69) is 35.6 Å². The number of amides is 1. The molecule has 2 atom stereocenters. The predicted molar refractivity (Wildman–Crippen MR) is 96.0 cm³/mol. The van der Waals surface area contributed by atoms with Gasteiger partial charge in [0.1, 0.15) is 0 Å². The maximum atomic E-state index is 12.0. The highest BCUT2D eigenvalue weighted by Crippen LogP contribution is 2.22. The minimum atomic E-state index is 0. The molecule has 2 heterocycles. The fraction of sp³-hybridized carbons (Fsp3) is 0.765. The van der Waals surface area contributed by atoms with Crippen LogP contribution in [0.25, 0.3) is 0 Å². The van der Waals surface area contributed by atoms with E-state index in [0.717, 1.165) is 38.3 Å². The van der Waals surface area contributed by atoms with Crippen LogP contribution in [0.3, 0.4) is 0 Å². The summed E-state index contributed by atoms with van der Waals surface area (Å²) in [5, 5.41) is 10.9. The summed E-state index contributed by atoms with van der Waals surface area (Å²) in [5.41, 5.74) is 2.23. The summed E-state index contributed by atoms with van der Waals surface area (Å²) < 4.78 is 2.01. The van der Waals surface area contributed by atoms with Crippen molar-refractivity contribution in [1.82, 2.24) is 20.4 Å². The Morgan fingerprint density at radius 1 is 1.52 bits per heavy atom. The Hall–Kier alpha value is -1.07. The number of hydrogen-bond acceptors (Lipinski definition) is 3. The Balaban J connectivity index is 0.00000264. The van der Waals surface area contributed by atoms with Gasteiger partial charge >= 0.3 is 0 Å². The zero-order chi connectivity index (χ0) is 15.9. The van der Waals surface area contributed by atoms with Gasteiger partial charge in [-0.1, -0.05) is 6.92 Å². The third kappa shape index (κ3) is 6.51. The van der Waals surface area contributed by atoms with Gasteiger partial charge < -0.3 is 10.6 Å². The number of carbonyl (C=O) groups is 1. The molecule has 1 aliphatic heterocycles. The summed E-state index contributed by atoms with van der Waals surface area (Å²) in [6, 6.07) is 2.08. The Morgan fingerprint density at radius 3 is 2.91 bits per heavy atom. The van der Waals surface area contributed by atoms with Gasteiger partial charge in [-0.2, -0.15) is 5.10 Å². The maximum Gasteiger partial charge on any atom is 0.220 e. The summed E-state index contributed by atoms with van der Waals surface area (Å²) in [7, 11) is 0. The molecule has 1 amide bonds. The van der Waals surface area contributed by atoms with E-state index in [4.69, 9.17) is 0 Å². The standard InChI is InChI=1S/C17H30N4O.ClH/c1-13(16-6-4-7-18-12-16)10-17(22)19-8-5-9-21-15(3)11-14(2)20-21;/h11,13,16,18H,4-10,12H2,1-3H3,(H,19,22);1H. The van der Waals surface area contributed by atoms with Crippen LogP contribution in [0.1, 0.15) is 44.0 Å². The van der Waals surface area contributed by atoms with Gasteiger partial charge in [0, 0.05) is 25.2 Å². The average Bonchev–Trinajstić information content (AvgIpc) is 2.82. The number of halogens is 1. The molecule has 0 aliphatic carbocycles. The zero-order valence-corrected chi connectivity index (χ0v) is 15.4. The molecule has 6 heteroatoms. The summed E-state index contributed by atoms with van der Waals surface area (Å²) >= 11 is 0. The molecule has 2 rings (SSSR count). The summed E-state index contributed by atoms with van der Waals surface area (Å²) in [6.07, 6.45) is 4.05. The first kappa shape index (κ1) is 20.0. The maximum absolute atomic E-state index is 12.0. The second kappa shape index (κ2) is 9.93. The Morgan fingerprint density at radius 2 is 2.30 bits per heavy atom. The number of hydrogen-bond donors (Lipinski definition) is 2. The van der Waals surface area contributed by atoms with Gasteiger partial charge in [-0.25, -0.2) is 0 Å². The van der Waals surface area contributed by atoms with Gasteiger partial charge in [-0.05, 0) is 64.1 Å². The van der Waals surface area contributed by atoms with Crippen molar-refractivity contribution in [1.29, 1.82) is 0 Å². The Kier molecular flexibility index (Phi) is 8.63. The third-order valence-electron chi connectivity index (χ3n) is 4.62. The lowest BCUT2D eigenvalue weighted by Crippen LogP contribution is -2.35. The number of carbonyl (C=O) groups excluding carboxylic acids is 1. The molecule has 0 bridgehead atoms. The quantitative estimate of drug-likeness (QED) is 0.748. The van der Waals surface area contributed by atoms with Crippen molar-refractivity contribution < 1.29 is 4.79 Å². The summed E-state index contributed by atoms with van der Waals surface area (Å²) in [5.74, 6) is 1.30. The van der Waals surface area contributed by atoms with E-state index in [1.165, 1.54) is 18.5 Å². The van der Waals surface area contributed by atoms with Crippen molar-refractivity contribution in [2.24, 2.45) is 11.8 Å². The molecule has 0 radical (unpaired) electrons. The van der Waals surface area contributed by atoms with Crippen molar-refractivity contribution >= 4 is 18.3 Å². The Labute approximate surface area is 146 Å². The molecular formula is C17H31ClN4O. The van der Waals surface area contributed by atoms with E-state index in [0.29, 0.717) is 18.3 Å². The highest BCUT2D eigenvalue weighted by Gasteiger charge is 2.21. The molecular weight excluding hydrogens is 312 g/mol. The van der Waals surface area contributed by atoms with E-state index in [1.807, 2.05) is 11.6 Å². The SMILES string of the molecule is Cc1cc(C)n(CCCNC(=O)CC(C)C2CCCNC2)n1.Cl. The van der Waals surface area contributed by atoms with Crippen LogP contribution in [0.4, 0.5) is 0 Å². The van der Waals surface area contributed by atoms with Gasteiger partial charge in [0.2, 0.25) is 5.91 Å². The number of aromatic nitrogens is 2. The predicted octanol–water partition coefficient (Wildman–Crippen LogP) is 2.45. The van der Waals surface area contributed by atoms with Crippen molar-refractivity contribution in [3.63, 3.8) is 0 Å². The van der Waals surface area contributed by atoms with Crippen LogP contribution in [0.5, 0.6) is 0 Å². The molecule has 2 N–H and O–H groups in total. The lowest BCUT2D eigenvalue weighted by molar-refractivity contribution is -0.122. The second-order valence-electron chi connectivity index (χ2n) is 6.64. The van der Waals surface area contributed by atoms with Crippen molar-refractivity contribution in [2.45, 2.75) is 53.0 Å². The molecule has 0 spiro atoms. The fourth-order valence-corrected chi connectivity index (χ4v) is 3.25. The molecule has 0 aromatic carbocycles. The van der Waals surface area contributed by atoms with Crippen LogP contribution in [-0.2, 0) is 11.3 Å². The van der Waals surface area contributed by atoms with Gasteiger partial charge in [0.15, 0.2) is 0 Å². The number of piperidine rings is 1. The van der Waals surface area contributed by atoms with Gasteiger partial charge in [0.05, 0.1) is 5.69 Å². The van der Waals surface area contributed by atoms with Crippen molar-refractivity contribution in [3.8, 4) is 0 Å². The third-order valence-corrected chi connectivity index (χ3v) is 4.62. The van der Waals surface area contributed by atoms with Crippen LogP contribution in [0.2, 0.25) is 0 Å². The van der Waals surface area contributed by atoms with Gasteiger partial charge in [-0.15, -0.1) is 12.4 Å². The van der Waals surface area contributed by atoms with Crippen LogP contribution in [-0.4, -0.2) is 35.3 Å². The van der Waals surface area contributed by atoms with Gasteiger partial charge in [-0.3, -0.25) is 9.48 Å². The first-order chi connectivity index (χ1) is 10.6. The molecule has 5 nitrogen and oxygen atoms in total. The normalized spacial score (nSPS) is 19.0. The van der Waals surface area contributed by atoms with E-state index >= 15 is 0 Å². The fourth-order valence-electron chi connectivity index (χ4n) is 3.25. The number of rotatable bonds is 7. The number of nitrogens with zero attached hydrogens (tertiary/aromatic N) is 2.